The molecule has 6 nitrogen and oxygen atoms in total. The standard InChI is InChI=1S/C20H27N3O3/c1-15(24)21-14-16-6-8-18(9-7-16)20(26)23-12-10-22(11-13-23)19(25)17-4-2-3-5-17/h6-9,17H,2-5,10-14H2,1H3,(H,21,24). The van der Waals surface area contributed by atoms with E-state index >= 15 is 0 Å². The molecule has 3 rings (SSSR count). The molecule has 0 radical (unpaired) electrons. The van der Waals surface area contributed by atoms with Gasteiger partial charge in [0.2, 0.25) is 11.8 Å². The first-order valence-corrected chi connectivity index (χ1v) is 9.46. The van der Waals surface area contributed by atoms with Crippen molar-refractivity contribution in [3.05, 3.63) is 35.4 Å². The van der Waals surface area contributed by atoms with Crippen molar-refractivity contribution in [3.8, 4) is 0 Å². The van der Waals surface area contributed by atoms with Gasteiger partial charge in [0.15, 0.2) is 0 Å². The number of piperazine rings is 1. The van der Waals surface area contributed by atoms with Gasteiger partial charge in [-0.3, -0.25) is 14.4 Å². The predicted octanol–water partition coefficient (Wildman–Crippen LogP) is 1.80. The molecule has 1 aromatic carbocycles. The molecular formula is C20H27N3O3. The molecule has 140 valence electrons. The number of carbonyl (C=O) groups is 3. The minimum absolute atomic E-state index is 0.00374. The van der Waals surface area contributed by atoms with Crippen molar-refractivity contribution in [1.29, 1.82) is 0 Å². The number of rotatable bonds is 4. The van der Waals surface area contributed by atoms with Crippen LogP contribution >= 0.6 is 0 Å². The Morgan fingerprint density at radius 2 is 1.54 bits per heavy atom. The lowest BCUT2D eigenvalue weighted by Gasteiger charge is -2.36. The molecule has 0 atom stereocenters. The third-order valence-corrected chi connectivity index (χ3v) is 5.33. The molecule has 3 amide bonds. The smallest absolute Gasteiger partial charge is 0.253 e. The maximum Gasteiger partial charge on any atom is 0.253 e. The Labute approximate surface area is 154 Å². The van der Waals surface area contributed by atoms with Gasteiger partial charge in [0.05, 0.1) is 0 Å². The van der Waals surface area contributed by atoms with Crippen molar-refractivity contribution < 1.29 is 14.4 Å². The van der Waals surface area contributed by atoms with E-state index < -0.39 is 0 Å². The highest BCUT2D eigenvalue weighted by Crippen LogP contribution is 2.27. The van der Waals surface area contributed by atoms with E-state index in [1.54, 1.807) is 12.1 Å². The largest absolute Gasteiger partial charge is 0.352 e. The highest BCUT2D eigenvalue weighted by molar-refractivity contribution is 5.94. The first-order valence-electron chi connectivity index (χ1n) is 9.46. The van der Waals surface area contributed by atoms with Crippen LogP contribution < -0.4 is 5.32 Å². The average Bonchev–Trinajstić information content (AvgIpc) is 3.20. The second-order valence-electron chi connectivity index (χ2n) is 7.21. The molecule has 1 heterocycles. The van der Waals surface area contributed by atoms with Crippen LogP contribution in [0, 0.1) is 5.92 Å². The van der Waals surface area contributed by atoms with Gasteiger partial charge < -0.3 is 15.1 Å². The monoisotopic (exact) mass is 357 g/mol. The normalized spacial score (nSPS) is 18.0. The summed E-state index contributed by atoms with van der Waals surface area (Å²) in [5.74, 6) is 0.407. The predicted molar refractivity (Wildman–Crippen MR) is 98.4 cm³/mol. The quantitative estimate of drug-likeness (QED) is 0.893. The maximum absolute atomic E-state index is 12.7. The summed E-state index contributed by atoms with van der Waals surface area (Å²) in [5.41, 5.74) is 1.61. The zero-order valence-electron chi connectivity index (χ0n) is 15.4. The molecule has 1 aliphatic carbocycles. The lowest BCUT2D eigenvalue weighted by Crippen LogP contribution is -2.51. The first-order chi connectivity index (χ1) is 12.5. The lowest BCUT2D eigenvalue weighted by atomic mass is 10.1. The molecule has 0 unspecified atom stereocenters. The Bertz CT molecular complexity index is 657. The topological polar surface area (TPSA) is 69.7 Å². The molecule has 1 saturated heterocycles. The maximum atomic E-state index is 12.7. The number of amides is 3. The highest BCUT2D eigenvalue weighted by Gasteiger charge is 2.30. The van der Waals surface area contributed by atoms with Crippen LogP contribution in [-0.2, 0) is 16.1 Å². The number of carbonyl (C=O) groups excluding carboxylic acids is 3. The molecule has 0 aromatic heterocycles. The van der Waals surface area contributed by atoms with E-state index in [2.05, 4.69) is 5.32 Å². The van der Waals surface area contributed by atoms with Crippen LogP contribution in [0.15, 0.2) is 24.3 Å². The zero-order valence-corrected chi connectivity index (χ0v) is 15.4. The number of benzene rings is 1. The Kier molecular flexibility index (Phi) is 5.91. The van der Waals surface area contributed by atoms with Crippen LogP contribution in [0.4, 0.5) is 0 Å². The summed E-state index contributed by atoms with van der Waals surface area (Å²) in [7, 11) is 0. The molecule has 2 aliphatic rings. The molecule has 6 heteroatoms. The van der Waals surface area contributed by atoms with E-state index in [-0.39, 0.29) is 23.6 Å². The van der Waals surface area contributed by atoms with Gasteiger partial charge in [-0.1, -0.05) is 25.0 Å². The fourth-order valence-corrected chi connectivity index (χ4v) is 3.74. The lowest BCUT2D eigenvalue weighted by molar-refractivity contribution is -0.136. The molecule has 1 aliphatic heterocycles. The van der Waals surface area contributed by atoms with Gasteiger partial charge in [0, 0.05) is 51.1 Å². The summed E-state index contributed by atoms with van der Waals surface area (Å²) in [6.07, 6.45) is 4.35. The fourth-order valence-electron chi connectivity index (χ4n) is 3.74. The van der Waals surface area contributed by atoms with Crippen molar-refractivity contribution in [2.45, 2.75) is 39.2 Å². The van der Waals surface area contributed by atoms with Crippen LogP contribution in [0.25, 0.3) is 0 Å². The third kappa shape index (κ3) is 4.42. The van der Waals surface area contributed by atoms with E-state index in [1.165, 1.54) is 6.92 Å². The van der Waals surface area contributed by atoms with Crippen molar-refractivity contribution in [3.63, 3.8) is 0 Å². The second-order valence-corrected chi connectivity index (χ2v) is 7.21. The number of hydrogen-bond donors (Lipinski definition) is 1. The minimum atomic E-state index is -0.0739. The van der Waals surface area contributed by atoms with Gasteiger partial charge >= 0.3 is 0 Å². The molecule has 1 N–H and O–H groups in total. The van der Waals surface area contributed by atoms with E-state index in [4.69, 9.17) is 0 Å². The summed E-state index contributed by atoms with van der Waals surface area (Å²) in [4.78, 5) is 39.9. The van der Waals surface area contributed by atoms with Gasteiger partial charge in [0.25, 0.3) is 5.91 Å². The van der Waals surface area contributed by atoms with Crippen LogP contribution in [-0.4, -0.2) is 53.7 Å². The van der Waals surface area contributed by atoms with Crippen LogP contribution in [0.3, 0.4) is 0 Å². The fraction of sp³-hybridized carbons (Fsp3) is 0.550. The van der Waals surface area contributed by atoms with Gasteiger partial charge in [0.1, 0.15) is 0 Å². The van der Waals surface area contributed by atoms with Crippen LogP contribution in [0.2, 0.25) is 0 Å². The van der Waals surface area contributed by atoms with Gasteiger partial charge in [-0.25, -0.2) is 0 Å². The Hall–Kier alpha value is -2.37. The minimum Gasteiger partial charge on any atom is -0.352 e. The van der Waals surface area contributed by atoms with Gasteiger partial charge in [-0.05, 0) is 30.5 Å². The van der Waals surface area contributed by atoms with E-state index in [9.17, 15) is 14.4 Å². The number of hydrogen-bond acceptors (Lipinski definition) is 3. The molecular weight excluding hydrogens is 330 g/mol. The number of nitrogens with one attached hydrogen (secondary N) is 1. The Morgan fingerprint density at radius 1 is 0.962 bits per heavy atom. The number of nitrogens with zero attached hydrogens (tertiary/aromatic N) is 2. The Morgan fingerprint density at radius 3 is 2.12 bits per heavy atom. The summed E-state index contributed by atoms with van der Waals surface area (Å²) >= 11 is 0. The SMILES string of the molecule is CC(=O)NCc1ccc(C(=O)N2CCN(C(=O)C3CCCC3)CC2)cc1. The van der Waals surface area contributed by atoms with Crippen molar-refractivity contribution in [1.82, 2.24) is 15.1 Å². The van der Waals surface area contributed by atoms with E-state index in [0.717, 1.165) is 31.2 Å². The molecule has 0 spiro atoms. The molecule has 1 saturated carbocycles. The van der Waals surface area contributed by atoms with Crippen molar-refractivity contribution >= 4 is 17.7 Å². The molecule has 1 aromatic rings. The summed E-state index contributed by atoms with van der Waals surface area (Å²) in [6.45, 7) is 4.38. The van der Waals surface area contributed by atoms with E-state index in [0.29, 0.717) is 38.3 Å². The third-order valence-electron chi connectivity index (χ3n) is 5.33. The summed E-state index contributed by atoms with van der Waals surface area (Å²) in [5, 5.41) is 2.74. The first kappa shape index (κ1) is 18.4. The second kappa shape index (κ2) is 8.34. The highest BCUT2D eigenvalue weighted by atomic mass is 16.2. The summed E-state index contributed by atoms with van der Waals surface area (Å²) in [6, 6.07) is 7.33. The van der Waals surface area contributed by atoms with Gasteiger partial charge in [-0.15, -0.1) is 0 Å². The molecule has 0 bridgehead atoms. The van der Waals surface area contributed by atoms with Crippen molar-refractivity contribution in [2.24, 2.45) is 5.92 Å². The van der Waals surface area contributed by atoms with Crippen LogP contribution in [0.5, 0.6) is 0 Å². The average molecular weight is 357 g/mol. The molecule has 2 fully saturated rings. The van der Waals surface area contributed by atoms with Crippen molar-refractivity contribution in [2.75, 3.05) is 26.2 Å². The van der Waals surface area contributed by atoms with Gasteiger partial charge in [-0.2, -0.15) is 0 Å². The van der Waals surface area contributed by atoms with E-state index in [1.807, 2.05) is 21.9 Å². The molecule has 26 heavy (non-hydrogen) atoms. The Balaban J connectivity index is 1.51. The summed E-state index contributed by atoms with van der Waals surface area (Å²) < 4.78 is 0. The zero-order chi connectivity index (χ0) is 18.5. The van der Waals surface area contributed by atoms with Crippen LogP contribution in [0.1, 0.15) is 48.5 Å².